The third-order valence-corrected chi connectivity index (χ3v) is 25.8. The third-order valence-electron chi connectivity index (χ3n) is 24.0. The van der Waals surface area contributed by atoms with Crippen molar-refractivity contribution in [3.63, 3.8) is 0 Å². The number of hydrogen-bond donors (Lipinski definition) is 0. The number of benzene rings is 18. The van der Waals surface area contributed by atoms with Crippen molar-refractivity contribution in [1.82, 2.24) is 0 Å². The predicted octanol–water partition coefficient (Wildman–Crippen LogP) is 18.6. The average molecular weight is 829 g/mol. The summed E-state index contributed by atoms with van der Waals surface area (Å²) in [4.78, 5) is 0. The Morgan fingerprint density at radius 1 is 0.246 bits per heavy atom. The minimum Gasteiger partial charge on any atom is -0.168 e. The van der Waals surface area contributed by atoms with E-state index in [2.05, 4.69) is 13.1 Å². The van der Waals surface area contributed by atoms with Crippen LogP contribution in [0.3, 0.4) is 0 Å². The van der Waals surface area contributed by atoms with Gasteiger partial charge in [0.2, 0.25) is 0 Å². The first-order valence-corrected chi connectivity index (χ1v) is 28.7. The predicted molar refractivity (Wildman–Crippen MR) is 283 cm³/mol. The first-order chi connectivity index (χ1) is 32.1. The molecule has 0 nitrogen and oxygen atoms in total. The molecule has 4 aliphatic rings. The maximum absolute atomic E-state index is 8.17. The molecule has 272 valence electrons. The molecule has 28 aromatic rings. The monoisotopic (exact) mass is 828 g/mol. The molecule has 32 rings (SSSR count). The van der Waals surface area contributed by atoms with Crippen molar-refractivity contribution in [1.29, 1.82) is 0 Å². The highest BCUT2D eigenvalue weighted by atomic mass is 35.6. The lowest BCUT2D eigenvalue weighted by atomic mass is 9.58. The number of hydrogen-bond acceptors (Lipinski definition) is 0. The molecular formula is C63H9ClSi. The van der Waals surface area contributed by atoms with Crippen molar-refractivity contribution >= 4 is 309 Å². The highest BCUT2D eigenvalue weighted by Gasteiger charge is 2.64. The van der Waals surface area contributed by atoms with Gasteiger partial charge in [-0.3, -0.25) is 0 Å². The topological polar surface area (TPSA) is 0 Å². The summed E-state index contributed by atoms with van der Waals surface area (Å²) in [7, 11) is -2.27. The molecule has 0 fully saturated rings. The van der Waals surface area contributed by atoms with E-state index in [1.807, 2.05) is 0 Å². The van der Waals surface area contributed by atoms with E-state index in [0.717, 1.165) is 6.04 Å². The molecule has 0 bridgehead atoms. The van der Waals surface area contributed by atoms with Crippen molar-refractivity contribution in [2.75, 3.05) is 0 Å². The molecule has 0 amide bonds. The van der Waals surface area contributed by atoms with Gasteiger partial charge in [0.1, 0.15) is 0 Å². The van der Waals surface area contributed by atoms with E-state index in [1.165, 1.54) is 0 Å². The van der Waals surface area contributed by atoms with Crippen molar-refractivity contribution in [2.24, 2.45) is 0 Å². The van der Waals surface area contributed by atoms with Gasteiger partial charge in [0.05, 0.1) is 0 Å². The van der Waals surface area contributed by atoms with Crippen molar-refractivity contribution in [3.05, 3.63) is 22.3 Å². The van der Waals surface area contributed by atoms with Gasteiger partial charge in [-0.1, -0.05) is 13.1 Å². The van der Waals surface area contributed by atoms with E-state index in [9.17, 15) is 0 Å². The molecule has 0 saturated heterocycles. The summed E-state index contributed by atoms with van der Waals surface area (Å²) < 4.78 is 0. The summed E-state index contributed by atoms with van der Waals surface area (Å²) in [5.74, 6) is 0.304. The maximum atomic E-state index is 8.17. The lowest BCUT2D eigenvalue weighted by Crippen LogP contribution is -2.42. The molecule has 0 saturated carbocycles. The summed E-state index contributed by atoms with van der Waals surface area (Å²) >= 11 is 8.17. The lowest BCUT2D eigenvalue weighted by Gasteiger charge is -2.47. The Labute approximate surface area is 359 Å². The lowest BCUT2D eigenvalue weighted by molar-refractivity contribution is 0.520. The van der Waals surface area contributed by atoms with E-state index in [-0.39, 0.29) is 5.41 Å². The van der Waals surface area contributed by atoms with Crippen LogP contribution in [-0.2, 0) is 5.41 Å². The number of rotatable bonds is 2. The van der Waals surface area contributed by atoms with Crippen LogP contribution in [0.15, 0.2) is 0 Å². The minimum absolute atomic E-state index is 0.178. The zero-order valence-corrected chi connectivity index (χ0v) is 35.4. The molecule has 4 aliphatic carbocycles. The Kier molecular flexibility index (Phi) is 1.99. The Morgan fingerprint density at radius 2 is 0.385 bits per heavy atom. The van der Waals surface area contributed by atoms with Gasteiger partial charge in [0, 0.05) is 11.3 Å². The van der Waals surface area contributed by atoms with Gasteiger partial charge in [0.25, 0.3) is 0 Å². The van der Waals surface area contributed by atoms with Gasteiger partial charge in [-0.15, -0.1) is 0 Å². The standard InChI is InChI=1S/C63H9ClSi/c1-65(2,64)3-63-60-56-50-36-28-20-8-5-4-6-9(8)21-23-19-13(6)15-11-7(4)10-14-12(5)18-22(20)34(36)42-40-26(18)24(14)32-30-16(10)17(11)31-33-25(15)27(19)41-43-35(23)37(29(21)28)51(50)57(60)53(43)55-47(41)45(33)49-39(31)38(30)48-44(32)46(40)54(52(42)56)61(63)58(48)59(49)62(55)63/h60H,3H2,1-2H3. The van der Waals surface area contributed by atoms with E-state index in [0.29, 0.717) is 5.92 Å². The van der Waals surface area contributed by atoms with Crippen LogP contribution in [0.4, 0.5) is 0 Å². The SMILES string of the molecule is C[Si](C)(Cl)CC12c3c4c5c6c7c8c(c9c%10c1c1c3c3c%11c4c4c5c5c7c7c%12c8c8c9c9c%10c%10c1c1c3c3c%11c%11c4c4c5c7c5c7c%12c8c8c9c9c%10c1c1c3c3c%11c4c5c4c7c8c9c1c34)C62. The van der Waals surface area contributed by atoms with Crippen LogP contribution in [0.25, 0.3) is 291 Å². The van der Waals surface area contributed by atoms with Gasteiger partial charge in [-0.2, -0.15) is 11.1 Å². The molecule has 65 heavy (non-hydrogen) atoms. The smallest absolute Gasteiger partial charge is 0.151 e. The Bertz CT molecular complexity index is 6750. The maximum Gasteiger partial charge on any atom is 0.151 e. The van der Waals surface area contributed by atoms with Crippen LogP contribution >= 0.6 is 11.1 Å². The van der Waals surface area contributed by atoms with E-state index in [1.54, 1.807) is 313 Å². The van der Waals surface area contributed by atoms with Gasteiger partial charge < -0.3 is 0 Å². The fourth-order valence-electron chi connectivity index (χ4n) is 24.3. The van der Waals surface area contributed by atoms with Crippen LogP contribution in [0, 0.1) is 0 Å². The average Bonchev–Trinajstić information content (AvgIpc) is 4.12. The zero-order valence-electron chi connectivity index (χ0n) is 33.7. The van der Waals surface area contributed by atoms with Crippen LogP contribution in [0.2, 0.25) is 19.1 Å². The van der Waals surface area contributed by atoms with E-state index in [4.69, 9.17) is 11.1 Å². The normalized spacial score (nSPS) is 21.7. The minimum atomic E-state index is -2.27. The first kappa shape index (κ1) is 24.3. The number of halogens is 1. The molecule has 2 heteroatoms. The van der Waals surface area contributed by atoms with Gasteiger partial charge in [-0.25, -0.2) is 0 Å². The second-order valence-corrected chi connectivity index (χ2v) is 32.0. The highest BCUT2D eigenvalue weighted by molar-refractivity contribution is 7.19. The fourth-order valence-corrected chi connectivity index (χ4v) is 26.8. The summed E-state index contributed by atoms with van der Waals surface area (Å²) in [6, 6.07) is 1.10. The van der Waals surface area contributed by atoms with Crippen LogP contribution < -0.4 is 0 Å². The third kappa shape index (κ3) is 1.29. The molecule has 0 aliphatic heterocycles. The van der Waals surface area contributed by atoms with E-state index < -0.39 is 7.38 Å². The van der Waals surface area contributed by atoms with Crippen LogP contribution in [-0.4, -0.2) is 7.38 Å². The second kappa shape index (κ2) is 5.33. The molecule has 28 aromatic carbocycles. The van der Waals surface area contributed by atoms with Crippen LogP contribution in [0.5, 0.6) is 0 Å². The van der Waals surface area contributed by atoms with E-state index >= 15 is 0 Å². The summed E-state index contributed by atoms with van der Waals surface area (Å²) in [5.41, 5.74) is 6.87. The first-order valence-electron chi connectivity index (χ1n) is 24.5. The Balaban J connectivity index is 1.27. The molecule has 0 unspecified atom stereocenters. The molecule has 0 atom stereocenters. The Hall–Kier alpha value is -7.03. The highest BCUT2D eigenvalue weighted by Crippen LogP contribution is 2.84. The molecule has 0 heterocycles. The molecule has 0 spiro atoms. The molecular weight excluding hydrogens is 820 g/mol. The van der Waals surface area contributed by atoms with Crippen molar-refractivity contribution < 1.29 is 0 Å². The van der Waals surface area contributed by atoms with Gasteiger partial charge in [-0.05, 0) is 319 Å². The van der Waals surface area contributed by atoms with Crippen molar-refractivity contribution in [2.45, 2.75) is 30.5 Å². The van der Waals surface area contributed by atoms with Gasteiger partial charge >= 0.3 is 0 Å². The van der Waals surface area contributed by atoms with Crippen LogP contribution in [0.1, 0.15) is 28.2 Å². The molecule has 0 radical (unpaired) electrons. The fraction of sp³-hybridized carbons (Fsp3) is 0.0794. The van der Waals surface area contributed by atoms with Crippen molar-refractivity contribution in [3.8, 4) is 0 Å². The van der Waals surface area contributed by atoms with Gasteiger partial charge in [0.15, 0.2) is 7.38 Å². The Morgan fingerprint density at radius 3 is 0.569 bits per heavy atom. The zero-order chi connectivity index (χ0) is 38.8. The largest absolute Gasteiger partial charge is 0.168 e. The summed E-state index contributed by atoms with van der Waals surface area (Å²) in [6.07, 6.45) is 0. The summed E-state index contributed by atoms with van der Waals surface area (Å²) in [5, 5.41) is 90.3. The quantitative estimate of drug-likeness (QED) is 0.0925. The second-order valence-electron chi connectivity index (χ2n) is 25.1. The molecule has 0 N–H and O–H groups in total. The molecule has 0 aromatic heterocycles. The summed E-state index contributed by atoms with van der Waals surface area (Å²) in [6.45, 7) is 5.03.